The first-order valence-corrected chi connectivity index (χ1v) is 12.2. The van der Waals surface area contributed by atoms with Crippen molar-refractivity contribution in [3.05, 3.63) is 36.0 Å². The average Bonchev–Trinajstić information content (AvgIpc) is 3.41. The van der Waals surface area contributed by atoms with Crippen LogP contribution >= 0.6 is 38.8 Å². The number of aromatic amines is 1. The fourth-order valence-electron chi connectivity index (χ4n) is 4.28. The van der Waals surface area contributed by atoms with Crippen LogP contribution in [0.5, 0.6) is 0 Å². The summed E-state index contributed by atoms with van der Waals surface area (Å²) in [7, 11) is 0. The number of fused-ring (bicyclic) bond motifs is 1. The lowest BCUT2D eigenvalue weighted by atomic mass is 9.94. The predicted molar refractivity (Wildman–Crippen MR) is 148 cm³/mol. The molecule has 2 amide bonds. The molecule has 3 N–H and O–H groups in total. The van der Waals surface area contributed by atoms with Crippen LogP contribution in [-0.4, -0.2) is 51.3 Å². The van der Waals surface area contributed by atoms with Crippen LogP contribution < -0.4 is 10.6 Å². The van der Waals surface area contributed by atoms with Crippen molar-refractivity contribution in [3.63, 3.8) is 0 Å². The third-order valence-corrected chi connectivity index (χ3v) is 6.84. The first-order valence-electron chi connectivity index (χ1n) is 11.3. The second-order valence-corrected chi connectivity index (χ2v) is 9.89. The highest BCUT2D eigenvalue weighted by Crippen LogP contribution is 2.31. The van der Waals surface area contributed by atoms with Crippen LogP contribution in [0.2, 0.25) is 0 Å². The van der Waals surface area contributed by atoms with Gasteiger partial charge in [0.2, 0.25) is 11.8 Å². The summed E-state index contributed by atoms with van der Waals surface area (Å²) in [6.07, 6.45) is 4.62. The molecule has 0 unspecified atom stereocenters. The molecule has 8 nitrogen and oxygen atoms in total. The fraction of sp³-hybridized carbons (Fsp3) is 0.500. The quantitative estimate of drug-likeness (QED) is 0.420. The third kappa shape index (κ3) is 7.68. The number of aromatic nitrogens is 1. The number of esters is 1. The Morgan fingerprint density at radius 3 is 2.43 bits per heavy atom. The molecule has 1 saturated carbocycles. The standard InChI is InChI=1S/C24H31N3O5S.2H2S/c1-4-32-22(30)20(13-17-14-25-19-10-6-5-9-18(17)19)26-23(31)24(11-7-8-12-24)27-21(29)15(2)33-16(3)28;;/h5-6,9-10,14-15,20,25H,4,7-8,11-13H2,1-3H3,(H,26,31)(H,27,29);2*1H2/t15-,20-;;/m0../s1. The molecular formula is C24H35N3O5S3. The number of rotatable bonds is 9. The molecular weight excluding hydrogens is 506 g/mol. The van der Waals surface area contributed by atoms with E-state index in [-0.39, 0.29) is 51.0 Å². The molecule has 1 heterocycles. The molecule has 0 aliphatic heterocycles. The predicted octanol–water partition coefficient (Wildman–Crippen LogP) is 3.08. The van der Waals surface area contributed by atoms with Crippen molar-refractivity contribution in [2.24, 2.45) is 0 Å². The van der Waals surface area contributed by atoms with E-state index in [9.17, 15) is 19.2 Å². The molecule has 11 heteroatoms. The highest BCUT2D eigenvalue weighted by molar-refractivity contribution is 8.14. The molecule has 0 saturated heterocycles. The first kappa shape index (κ1) is 30.9. The van der Waals surface area contributed by atoms with Gasteiger partial charge in [-0.25, -0.2) is 4.79 Å². The summed E-state index contributed by atoms with van der Waals surface area (Å²) < 4.78 is 5.23. The number of amides is 2. The van der Waals surface area contributed by atoms with Gasteiger partial charge < -0.3 is 20.4 Å². The maximum absolute atomic E-state index is 13.4. The molecule has 0 bridgehead atoms. The van der Waals surface area contributed by atoms with Crippen LogP contribution in [0.3, 0.4) is 0 Å². The molecule has 0 spiro atoms. The Kier molecular flexibility index (Phi) is 12.2. The number of hydrogen-bond acceptors (Lipinski definition) is 6. The Morgan fingerprint density at radius 1 is 1.14 bits per heavy atom. The lowest BCUT2D eigenvalue weighted by Crippen LogP contribution is -2.61. The third-order valence-electron chi connectivity index (χ3n) is 5.94. The van der Waals surface area contributed by atoms with E-state index in [1.807, 2.05) is 30.5 Å². The molecule has 2 aromatic rings. The summed E-state index contributed by atoms with van der Waals surface area (Å²) in [4.78, 5) is 53.5. The van der Waals surface area contributed by atoms with Crippen molar-refractivity contribution < 1.29 is 23.9 Å². The van der Waals surface area contributed by atoms with Gasteiger partial charge in [0.1, 0.15) is 11.6 Å². The van der Waals surface area contributed by atoms with Crippen LogP contribution in [0, 0.1) is 0 Å². The Bertz CT molecular complexity index is 1040. The molecule has 2 atom stereocenters. The maximum atomic E-state index is 13.4. The van der Waals surface area contributed by atoms with Gasteiger partial charge in [0.15, 0.2) is 5.12 Å². The molecule has 0 radical (unpaired) electrons. The topological polar surface area (TPSA) is 117 Å². The van der Waals surface area contributed by atoms with E-state index in [1.165, 1.54) is 6.92 Å². The van der Waals surface area contributed by atoms with Gasteiger partial charge in [-0.2, -0.15) is 27.0 Å². The fourth-order valence-corrected chi connectivity index (χ4v) is 4.94. The summed E-state index contributed by atoms with van der Waals surface area (Å²) in [6, 6.07) is 6.85. The van der Waals surface area contributed by atoms with Crippen LogP contribution in [0.1, 0.15) is 52.0 Å². The Morgan fingerprint density at radius 2 is 1.80 bits per heavy atom. The van der Waals surface area contributed by atoms with Crippen LogP contribution in [-0.2, 0) is 30.3 Å². The molecule has 1 aliphatic rings. The van der Waals surface area contributed by atoms with E-state index in [0.29, 0.717) is 12.8 Å². The summed E-state index contributed by atoms with van der Waals surface area (Å²) >= 11 is 0.925. The van der Waals surface area contributed by atoms with Gasteiger partial charge in [-0.05, 0) is 38.3 Å². The van der Waals surface area contributed by atoms with E-state index in [2.05, 4.69) is 15.6 Å². The maximum Gasteiger partial charge on any atom is 0.328 e. The van der Waals surface area contributed by atoms with Gasteiger partial charge in [0.05, 0.1) is 11.9 Å². The Labute approximate surface area is 224 Å². The second kappa shape index (κ2) is 13.8. The van der Waals surface area contributed by atoms with Gasteiger partial charge in [-0.15, -0.1) is 0 Å². The van der Waals surface area contributed by atoms with Gasteiger partial charge in [0.25, 0.3) is 0 Å². The number of thioether (sulfide) groups is 1. The van der Waals surface area contributed by atoms with Crippen LogP contribution in [0.4, 0.5) is 0 Å². The van der Waals surface area contributed by atoms with E-state index in [1.54, 1.807) is 13.8 Å². The SMILES string of the molecule is CCOC(=O)[C@H](Cc1c[nH]c2ccccc12)NC(=O)C1(NC(=O)[C@H](C)SC(C)=O)CCCC1.S.S. The van der Waals surface area contributed by atoms with Crippen LogP contribution in [0.15, 0.2) is 30.5 Å². The van der Waals surface area contributed by atoms with Crippen molar-refractivity contribution in [2.75, 3.05) is 6.61 Å². The zero-order valence-corrected chi connectivity index (χ0v) is 23.1. The first-order chi connectivity index (χ1) is 15.8. The molecule has 3 rings (SSSR count). The summed E-state index contributed by atoms with van der Waals surface area (Å²) in [5.74, 6) is -1.28. The lowest BCUT2D eigenvalue weighted by molar-refractivity contribution is -0.148. The smallest absolute Gasteiger partial charge is 0.328 e. The molecule has 1 aromatic carbocycles. The van der Waals surface area contributed by atoms with E-state index in [4.69, 9.17) is 4.74 Å². The van der Waals surface area contributed by atoms with Crippen molar-refractivity contribution in [1.82, 2.24) is 15.6 Å². The number of ether oxygens (including phenoxy) is 1. The Balaban J connectivity index is 0.00000306. The minimum atomic E-state index is -1.10. The highest BCUT2D eigenvalue weighted by Gasteiger charge is 2.44. The summed E-state index contributed by atoms with van der Waals surface area (Å²) in [5.41, 5.74) is 0.728. The molecule has 1 aromatic heterocycles. The number of benzene rings is 1. The number of nitrogens with one attached hydrogen (secondary N) is 3. The molecule has 194 valence electrons. The summed E-state index contributed by atoms with van der Waals surface area (Å²) in [5, 5.41) is 5.93. The minimum Gasteiger partial charge on any atom is -0.464 e. The van der Waals surface area contributed by atoms with E-state index >= 15 is 0 Å². The van der Waals surface area contributed by atoms with E-state index < -0.39 is 28.7 Å². The summed E-state index contributed by atoms with van der Waals surface area (Å²) in [6.45, 7) is 4.96. The number of para-hydroxylation sites is 1. The zero-order chi connectivity index (χ0) is 24.0. The molecule has 1 fully saturated rings. The molecule has 35 heavy (non-hydrogen) atoms. The number of H-pyrrole nitrogens is 1. The van der Waals surface area contributed by atoms with Gasteiger partial charge in [0, 0.05) is 30.4 Å². The van der Waals surface area contributed by atoms with Gasteiger partial charge in [-0.3, -0.25) is 14.4 Å². The van der Waals surface area contributed by atoms with Gasteiger partial charge >= 0.3 is 5.97 Å². The highest BCUT2D eigenvalue weighted by atomic mass is 32.2. The van der Waals surface area contributed by atoms with Crippen molar-refractivity contribution in [2.45, 2.75) is 69.7 Å². The van der Waals surface area contributed by atoms with Gasteiger partial charge in [-0.1, -0.05) is 42.8 Å². The normalized spacial score (nSPS) is 15.7. The number of carbonyl (C=O) groups excluding carboxylic acids is 4. The molecule has 1 aliphatic carbocycles. The van der Waals surface area contributed by atoms with Crippen molar-refractivity contribution >= 4 is 72.6 Å². The second-order valence-electron chi connectivity index (χ2n) is 8.37. The number of carbonyl (C=O) groups is 4. The minimum absolute atomic E-state index is 0. The monoisotopic (exact) mass is 541 g/mol. The van der Waals surface area contributed by atoms with Crippen molar-refractivity contribution in [1.29, 1.82) is 0 Å². The number of hydrogen-bond donors (Lipinski definition) is 3. The lowest BCUT2D eigenvalue weighted by Gasteiger charge is -2.31. The average molecular weight is 542 g/mol. The van der Waals surface area contributed by atoms with E-state index in [0.717, 1.165) is 41.1 Å². The van der Waals surface area contributed by atoms with Crippen molar-refractivity contribution in [3.8, 4) is 0 Å². The van der Waals surface area contributed by atoms with Crippen LogP contribution in [0.25, 0.3) is 10.9 Å². The largest absolute Gasteiger partial charge is 0.464 e. The zero-order valence-electron chi connectivity index (χ0n) is 20.2. The Hall–Kier alpha value is -2.11.